The SMILES string of the molecule is NC1=N[C@]2(CO1)C1=C(CCC(I)=C1)Oc1ccc(Br)cc12. The molecule has 0 saturated heterocycles. The van der Waals surface area contributed by atoms with Gasteiger partial charge in [-0.15, -0.1) is 0 Å². The second kappa shape index (κ2) is 4.74. The first-order valence-corrected chi connectivity index (χ1v) is 8.51. The Hall–Kier alpha value is -1.02. The molecule has 2 N–H and O–H groups in total. The summed E-state index contributed by atoms with van der Waals surface area (Å²) in [4.78, 5) is 4.65. The Morgan fingerprint density at radius 3 is 2.95 bits per heavy atom. The summed E-state index contributed by atoms with van der Waals surface area (Å²) in [6, 6.07) is 6.23. The van der Waals surface area contributed by atoms with Crippen molar-refractivity contribution in [1.82, 2.24) is 0 Å². The summed E-state index contributed by atoms with van der Waals surface area (Å²) < 4.78 is 13.9. The standard InChI is InChI=1S/C15H12BrIN2O2/c16-8-1-3-12-10(5-8)15(7-20-14(18)19-15)11-6-9(17)2-4-13(11)21-12/h1,3,5-6H,2,4,7H2,(H2,18,19)/t15-/m0/s1. The number of nitrogens with zero attached hydrogens (tertiary/aromatic N) is 1. The van der Waals surface area contributed by atoms with Crippen molar-refractivity contribution in [3.63, 3.8) is 0 Å². The Labute approximate surface area is 144 Å². The van der Waals surface area contributed by atoms with Crippen LogP contribution in [0.25, 0.3) is 0 Å². The zero-order valence-corrected chi connectivity index (χ0v) is 14.8. The lowest BCUT2D eigenvalue weighted by Crippen LogP contribution is -2.34. The van der Waals surface area contributed by atoms with Gasteiger partial charge in [-0.3, -0.25) is 0 Å². The quantitative estimate of drug-likeness (QED) is 0.602. The van der Waals surface area contributed by atoms with Crippen LogP contribution in [0.5, 0.6) is 5.75 Å². The molecule has 1 aromatic carbocycles. The smallest absolute Gasteiger partial charge is 0.283 e. The maximum Gasteiger partial charge on any atom is 0.283 e. The molecule has 4 nitrogen and oxygen atoms in total. The van der Waals surface area contributed by atoms with Crippen LogP contribution in [0.15, 0.2) is 48.7 Å². The van der Waals surface area contributed by atoms with Gasteiger partial charge in [0.05, 0.1) is 0 Å². The van der Waals surface area contributed by atoms with Gasteiger partial charge in [-0.2, -0.15) is 0 Å². The van der Waals surface area contributed by atoms with Crippen LogP contribution in [0, 0.1) is 0 Å². The number of aliphatic imine (C=N–C) groups is 1. The second-order valence-corrected chi connectivity index (χ2v) is 7.57. The van der Waals surface area contributed by atoms with Crippen molar-refractivity contribution in [1.29, 1.82) is 0 Å². The van der Waals surface area contributed by atoms with Gasteiger partial charge in [0, 0.05) is 22.0 Å². The summed E-state index contributed by atoms with van der Waals surface area (Å²) in [5.74, 6) is 1.82. The maximum atomic E-state index is 6.11. The molecule has 1 aliphatic carbocycles. The fourth-order valence-electron chi connectivity index (χ4n) is 3.03. The Balaban J connectivity index is 2.00. The number of amidine groups is 1. The van der Waals surface area contributed by atoms with E-state index >= 15 is 0 Å². The monoisotopic (exact) mass is 458 g/mol. The van der Waals surface area contributed by atoms with Gasteiger partial charge in [0.25, 0.3) is 6.02 Å². The molecule has 0 bridgehead atoms. The van der Waals surface area contributed by atoms with Crippen molar-refractivity contribution in [2.45, 2.75) is 18.4 Å². The molecule has 2 aliphatic heterocycles. The van der Waals surface area contributed by atoms with Gasteiger partial charge in [-0.05, 0) is 56.9 Å². The molecular weight excluding hydrogens is 447 g/mol. The minimum absolute atomic E-state index is 0.239. The molecule has 1 spiro atoms. The second-order valence-electron chi connectivity index (χ2n) is 5.27. The molecule has 6 heteroatoms. The predicted molar refractivity (Wildman–Crippen MR) is 92.4 cm³/mol. The van der Waals surface area contributed by atoms with E-state index in [0.717, 1.165) is 40.0 Å². The zero-order valence-electron chi connectivity index (χ0n) is 11.0. The van der Waals surface area contributed by atoms with Crippen LogP contribution in [0.3, 0.4) is 0 Å². The molecule has 4 rings (SSSR count). The third kappa shape index (κ3) is 2.03. The fourth-order valence-corrected chi connectivity index (χ4v) is 3.97. The van der Waals surface area contributed by atoms with Crippen LogP contribution >= 0.6 is 38.5 Å². The number of nitrogens with two attached hydrogens (primary N) is 1. The summed E-state index contributed by atoms with van der Waals surface area (Å²) in [6.07, 6.45) is 4.05. The molecular formula is C15H12BrIN2O2. The minimum Gasteiger partial charge on any atom is -0.462 e. The highest BCUT2D eigenvalue weighted by atomic mass is 127. The first-order valence-electron chi connectivity index (χ1n) is 6.64. The van der Waals surface area contributed by atoms with Crippen molar-refractivity contribution < 1.29 is 9.47 Å². The molecule has 0 radical (unpaired) electrons. The molecule has 0 fully saturated rings. The molecule has 1 aromatic rings. The molecule has 1 atom stereocenters. The van der Waals surface area contributed by atoms with Crippen LogP contribution in [0.1, 0.15) is 18.4 Å². The highest BCUT2D eigenvalue weighted by Crippen LogP contribution is 2.51. The number of ether oxygens (including phenoxy) is 2. The van der Waals surface area contributed by atoms with E-state index in [4.69, 9.17) is 15.2 Å². The Morgan fingerprint density at radius 1 is 1.33 bits per heavy atom. The number of hydrogen-bond acceptors (Lipinski definition) is 4. The van der Waals surface area contributed by atoms with Crippen molar-refractivity contribution in [3.8, 4) is 5.75 Å². The lowest BCUT2D eigenvalue weighted by Gasteiger charge is -2.36. The van der Waals surface area contributed by atoms with Gasteiger partial charge < -0.3 is 15.2 Å². The van der Waals surface area contributed by atoms with Crippen molar-refractivity contribution in [2.24, 2.45) is 10.7 Å². The first kappa shape index (κ1) is 13.6. The zero-order chi connectivity index (χ0) is 14.6. The van der Waals surface area contributed by atoms with Gasteiger partial charge in [0.1, 0.15) is 18.1 Å². The fraction of sp³-hybridized carbons (Fsp3) is 0.267. The predicted octanol–water partition coefficient (Wildman–Crippen LogP) is 3.75. The van der Waals surface area contributed by atoms with E-state index in [1.807, 2.05) is 18.2 Å². The first-order chi connectivity index (χ1) is 10.1. The van der Waals surface area contributed by atoms with Gasteiger partial charge in [-0.25, -0.2) is 4.99 Å². The molecule has 0 aromatic heterocycles. The van der Waals surface area contributed by atoms with Gasteiger partial charge >= 0.3 is 0 Å². The van der Waals surface area contributed by atoms with E-state index in [9.17, 15) is 0 Å². The molecule has 0 amide bonds. The van der Waals surface area contributed by atoms with Gasteiger partial charge in [0.2, 0.25) is 0 Å². The summed E-state index contributed by atoms with van der Waals surface area (Å²) in [6.45, 7) is 0.422. The summed E-state index contributed by atoms with van der Waals surface area (Å²) in [5, 5.41) is 0. The van der Waals surface area contributed by atoms with Crippen LogP contribution < -0.4 is 10.5 Å². The van der Waals surface area contributed by atoms with Crippen molar-refractivity contribution in [2.75, 3.05) is 6.61 Å². The molecule has 108 valence electrons. The topological polar surface area (TPSA) is 56.8 Å². The van der Waals surface area contributed by atoms with E-state index in [1.165, 1.54) is 3.58 Å². The summed E-state index contributed by atoms with van der Waals surface area (Å²) >= 11 is 5.90. The Bertz CT molecular complexity index is 741. The average molecular weight is 459 g/mol. The Morgan fingerprint density at radius 2 is 2.19 bits per heavy atom. The largest absolute Gasteiger partial charge is 0.462 e. The van der Waals surface area contributed by atoms with E-state index in [-0.39, 0.29) is 6.02 Å². The van der Waals surface area contributed by atoms with E-state index in [1.54, 1.807) is 0 Å². The van der Waals surface area contributed by atoms with Crippen LogP contribution in [-0.2, 0) is 10.3 Å². The highest BCUT2D eigenvalue weighted by Gasteiger charge is 2.48. The number of fused-ring (bicyclic) bond motifs is 3. The third-order valence-electron chi connectivity index (χ3n) is 3.99. The lowest BCUT2D eigenvalue weighted by atomic mass is 9.79. The van der Waals surface area contributed by atoms with Crippen LogP contribution in [0.2, 0.25) is 0 Å². The van der Waals surface area contributed by atoms with E-state index in [2.05, 4.69) is 49.6 Å². The van der Waals surface area contributed by atoms with Crippen molar-refractivity contribution in [3.05, 3.63) is 49.2 Å². The van der Waals surface area contributed by atoms with Gasteiger partial charge in [-0.1, -0.05) is 15.9 Å². The number of hydrogen-bond donors (Lipinski definition) is 1. The van der Waals surface area contributed by atoms with Crippen LogP contribution in [-0.4, -0.2) is 12.6 Å². The van der Waals surface area contributed by atoms with Gasteiger partial charge in [0.15, 0.2) is 5.54 Å². The molecule has 2 heterocycles. The number of rotatable bonds is 0. The van der Waals surface area contributed by atoms with E-state index < -0.39 is 5.54 Å². The third-order valence-corrected chi connectivity index (χ3v) is 5.33. The highest BCUT2D eigenvalue weighted by molar-refractivity contribution is 14.1. The summed E-state index contributed by atoms with van der Waals surface area (Å²) in [7, 11) is 0. The number of allylic oxidation sites excluding steroid dienone is 2. The normalized spacial score (nSPS) is 26.6. The molecule has 0 unspecified atom stereocenters. The molecule has 0 saturated carbocycles. The molecule has 21 heavy (non-hydrogen) atoms. The Kier molecular flexibility index (Phi) is 3.08. The number of halogens is 2. The average Bonchev–Trinajstić information content (AvgIpc) is 2.84. The van der Waals surface area contributed by atoms with E-state index in [0.29, 0.717) is 6.61 Å². The minimum atomic E-state index is -0.576. The van der Waals surface area contributed by atoms with Crippen LogP contribution in [0.4, 0.5) is 0 Å². The lowest BCUT2D eigenvalue weighted by molar-refractivity contribution is 0.253. The molecule has 3 aliphatic rings. The summed E-state index contributed by atoms with van der Waals surface area (Å²) in [5.41, 5.74) is 7.32. The maximum absolute atomic E-state index is 6.11. The van der Waals surface area contributed by atoms with Crippen molar-refractivity contribution >= 4 is 44.5 Å². The number of benzene rings is 1.